The van der Waals surface area contributed by atoms with Gasteiger partial charge < -0.3 is 10.0 Å². The predicted octanol–water partition coefficient (Wildman–Crippen LogP) is 4.94. The number of aryl methyl sites for hydroxylation is 1. The molecule has 3 aromatic carbocycles. The van der Waals surface area contributed by atoms with E-state index < -0.39 is 5.97 Å². The fraction of sp³-hybridized carbons (Fsp3) is 0.167. The first-order chi connectivity index (χ1) is 14.0. The molecule has 29 heavy (non-hydrogen) atoms. The highest BCUT2D eigenvalue weighted by Gasteiger charge is 2.33. The monoisotopic (exact) mass is 403 g/mol. The van der Waals surface area contributed by atoms with Crippen molar-refractivity contribution in [2.75, 3.05) is 4.90 Å². The molecule has 0 spiro atoms. The largest absolute Gasteiger partial charge is 0.478 e. The van der Waals surface area contributed by atoms with Gasteiger partial charge in [0.1, 0.15) is 0 Å². The van der Waals surface area contributed by atoms with Crippen LogP contribution in [0.3, 0.4) is 0 Å². The van der Waals surface area contributed by atoms with Gasteiger partial charge in [-0.3, -0.25) is 4.79 Å². The van der Waals surface area contributed by atoms with E-state index in [1.807, 2.05) is 47.4 Å². The van der Waals surface area contributed by atoms with E-state index in [0.717, 1.165) is 27.3 Å². The molecule has 5 heteroatoms. The minimum atomic E-state index is -0.946. The van der Waals surface area contributed by atoms with E-state index >= 15 is 0 Å². The number of nitrogens with zero attached hydrogens (tertiary/aromatic N) is 1. The number of benzene rings is 3. The van der Waals surface area contributed by atoms with Crippen LogP contribution >= 0.6 is 11.8 Å². The Hall–Kier alpha value is -3.05. The second kappa shape index (κ2) is 8.13. The molecule has 0 fully saturated rings. The molecule has 0 radical (unpaired) electrons. The molecule has 3 aromatic rings. The first-order valence-corrected chi connectivity index (χ1v) is 10.3. The lowest BCUT2D eigenvalue weighted by Crippen LogP contribution is -2.41. The molecule has 0 bridgehead atoms. The minimum absolute atomic E-state index is 0.0810. The number of carboxylic acid groups (broad SMARTS) is 1. The normalized spacial score (nSPS) is 15.8. The molecular formula is C24H21NO3S. The first-order valence-electron chi connectivity index (χ1n) is 9.46. The molecule has 0 aliphatic carbocycles. The van der Waals surface area contributed by atoms with Crippen LogP contribution in [0.5, 0.6) is 0 Å². The number of hydrogen-bond acceptors (Lipinski definition) is 3. The van der Waals surface area contributed by atoms with Crippen molar-refractivity contribution in [3.8, 4) is 0 Å². The molecule has 4 nitrogen and oxygen atoms in total. The van der Waals surface area contributed by atoms with Crippen LogP contribution in [-0.4, -0.2) is 22.2 Å². The SMILES string of the molecule is Cc1ccc2c(c1)SC(Cc1ccc(C(=O)O)cc1)C(=O)N2Cc1ccccc1. The molecule has 1 heterocycles. The van der Waals surface area contributed by atoms with Crippen molar-refractivity contribution in [2.45, 2.75) is 30.0 Å². The van der Waals surface area contributed by atoms with E-state index in [9.17, 15) is 9.59 Å². The first kappa shape index (κ1) is 19.3. The summed E-state index contributed by atoms with van der Waals surface area (Å²) < 4.78 is 0. The van der Waals surface area contributed by atoms with Crippen LogP contribution in [-0.2, 0) is 17.8 Å². The maximum atomic E-state index is 13.4. The molecule has 0 aromatic heterocycles. The van der Waals surface area contributed by atoms with Gasteiger partial charge in [0.25, 0.3) is 0 Å². The van der Waals surface area contributed by atoms with Gasteiger partial charge in [-0.25, -0.2) is 4.79 Å². The summed E-state index contributed by atoms with van der Waals surface area (Å²) in [6.07, 6.45) is 0.558. The van der Waals surface area contributed by atoms with Crippen LogP contribution in [0.4, 0.5) is 5.69 Å². The molecular weight excluding hydrogens is 382 g/mol. The lowest BCUT2D eigenvalue weighted by atomic mass is 10.1. The molecule has 1 aliphatic rings. The van der Waals surface area contributed by atoms with Crippen molar-refractivity contribution < 1.29 is 14.7 Å². The number of rotatable bonds is 5. The van der Waals surface area contributed by atoms with E-state index in [-0.39, 0.29) is 16.7 Å². The Kier molecular flexibility index (Phi) is 5.41. The Labute approximate surface area is 174 Å². The van der Waals surface area contributed by atoms with Crippen LogP contribution in [0.25, 0.3) is 0 Å². The van der Waals surface area contributed by atoms with Crippen molar-refractivity contribution in [1.29, 1.82) is 0 Å². The molecule has 1 aliphatic heterocycles. The Bertz CT molecular complexity index is 1050. The standard InChI is InChI=1S/C24H21NO3S/c1-16-7-12-20-21(13-16)29-22(14-17-8-10-19(11-9-17)24(27)28)23(26)25(20)15-18-5-3-2-4-6-18/h2-13,22H,14-15H2,1H3,(H,27,28). The lowest BCUT2D eigenvalue weighted by Gasteiger charge is -2.34. The topological polar surface area (TPSA) is 57.6 Å². The number of carbonyl (C=O) groups excluding carboxylic acids is 1. The van der Waals surface area contributed by atoms with Crippen LogP contribution in [0.2, 0.25) is 0 Å². The zero-order chi connectivity index (χ0) is 20.4. The third kappa shape index (κ3) is 4.20. The van der Waals surface area contributed by atoms with Gasteiger partial charge in [0, 0.05) is 4.90 Å². The molecule has 4 rings (SSSR count). The average molecular weight is 404 g/mol. The van der Waals surface area contributed by atoms with Crippen molar-refractivity contribution in [1.82, 2.24) is 0 Å². The summed E-state index contributed by atoms with van der Waals surface area (Å²) in [5, 5.41) is 8.84. The quantitative estimate of drug-likeness (QED) is 0.655. The lowest BCUT2D eigenvalue weighted by molar-refractivity contribution is -0.118. The Morgan fingerprint density at radius 1 is 1.00 bits per heavy atom. The number of anilines is 1. The van der Waals surface area contributed by atoms with Crippen LogP contribution in [0.1, 0.15) is 27.0 Å². The Balaban J connectivity index is 1.63. The summed E-state index contributed by atoms with van der Waals surface area (Å²) in [5.74, 6) is -0.865. The second-order valence-electron chi connectivity index (χ2n) is 7.19. The summed E-state index contributed by atoms with van der Waals surface area (Å²) in [6, 6.07) is 23.0. The van der Waals surface area contributed by atoms with Gasteiger partial charge in [0.15, 0.2) is 0 Å². The van der Waals surface area contributed by atoms with Gasteiger partial charge in [0.2, 0.25) is 5.91 Å². The third-order valence-corrected chi connectivity index (χ3v) is 6.26. The molecule has 1 atom stereocenters. The fourth-order valence-corrected chi connectivity index (χ4v) is 4.85. The average Bonchev–Trinajstić information content (AvgIpc) is 2.72. The van der Waals surface area contributed by atoms with Crippen molar-refractivity contribution in [2.24, 2.45) is 0 Å². The number of carbonyl (C=O) groups is 2. The summed E-state index contributed by atoms with van der Waals surface area (Å²) in [5.41, 5.74) is 4.41. The molecule has 1 amide bonds. The van der Waals surface area contributed by atoms with E-state index in [1.165, 1.54) is 0 Å². The molecule has 1 N–H and O–H groups in total. The summed E-state index contributed by atoms with van der Waals surface area (Å²) >= 11 is 1.59. The number of carboxylic acids is 1. The Morgan fingerprint density at radius 3 is 2.41 bits per heavy atom. The Morgan fingerprint density at radius 2 is 1.72 bits per heavy atom. The van der Waals surface area contributed by atoms with Gasteiger partial charge in [-0.2, -0.15) is 0 Å². The van der Waals surface area contributed by atoms with E-state index in [0.29, 0.717) is 13.0 Å². The molecule has 146 valence electrons. The maximum absolute atomic E-state index is 13.4. The van der Waals surface area contributed by atoms with Crippen LogP contribution in [0, 0.1) is 6.92 Å². The van der Waals surface area contributed by atoms with Crippen molar-refractivity contribution in [3.63, 3.8) is 0 Å². The predicted molar refractivity (Wildman–Crippen MR) is 116 cm³/mol. The molecule has 0 saturated heterocycles. The maximum Gasteiger partial charge on any atom is 0.335 e. The number of thioether (sulfide) groups is 1. The molecule has 0 saturated carbocycles. The number of fused-ring (bicyclic) bond motifs is 1. The highest BCUT2D eigenvalue weighted by molar-refractivity contribution is 8.01. The molecule has 1 unspecified atom stereocenters. The highest BCUT2D eigenvalue weighted by Crippen LogP contribution is 2.41. The van der Waals surface area contributed by atoms with Gasteiger partial charge in [-0.1, -0.05) is 48.5 Å². The number of amides is 1. The van der Waals surface area contributed by atoms with Gasteiger partial charge in [-0.05, 0) is 54.3 Å². The van der Waals surface area contributed by atoms with E-state index in [4.69, 9.17) is 5.11 Å². The minimum Gasteiger partial charge on any atom is -0.478 e. The van der Waals surface area contributed by atoms with Crippen LogP contribution in [0.15, 0.2) is 77.7 Å². The second-order valence-corrected chi connectivity index (χ2v) is 8.44. The fourth-order valence-electron chi connectivity index (χ4n) is 3.49. The van der Waals surface area contributed by atoms with Gasteiger partial charge >= 0.3 is 5.97 Å². The van der Waals surface area contributed by atoms with Crippen molar-refractivity contribution in [3.05, 3.63) is 95.1 Å². The number of hydrogen-bond donors (Lipinski definition) is 1. The third-order valence-electron chi connectivity index (χ3n) is 5.02. The zero-order valence-corrected chi connectivity index (χ0v) is 16.9. The highest BCUT2D eigenvalue weighted by atomic mass is 32.2. The smallest absolute Gasteiger partial charge is 0.335 e. The van der Waals surface area contributed by atoms with Crippen LogP contribution < -0.4 is 4.90 Å². The van der Waals surface area contributed by atoms with Gasteiger partial charge in [-0.15, -0.1) is 11.8 Å². The van der Waals surface area contributed by atoms with E-state index in [1.54, 1.807) is 36.0 Å². The van der Waals surface area contributed by atoms with Gasteiger partial charge in [0.05, 0.1) is 23.0 Å². The summed E-state index contributed by atoms with van der Waals surface area (Å²) in [7, 11) is 0. The number of aromatic carboxylic acids is 1. The summed E-state index contributed by atoms with van der Waals surface area (Å²) in [6.45, 7) is 2.59. The summed E-state index contributed by atoms with van der Waals surface area (Å²) in [4.78, 5) is 27.4. The van der Waals surface area contributed by atoms with Crippen molar-refractivity contribution >= 4 is 29.3 Å². The van der Waals surface area contributed by atoms with E-state index in [2.05, 4.69) is 13.0 Å². The zero-order valence-electron chi connectivity index (χ0n) is 16.0.